The molecular formula is C24H32ClF2N3O. The lowest BCUT2D eigenvalue weighted by molar-refractivity contribution is -0.0452. The highest BCUT2D eigenvalue weighted by Crippen LogP contribution is 2.39. The first-order valence-corrected chi connectivity index (χ1v) is 11.8. The van der Waals surface area contributed by atoms with Gasteiger partial charge in [0.25, 0.3) is 5.91 Å². The Balaban J connectivity index is 1.45. The Morgan fingerprint density at radius 3 is 2.61 bits per heavy atom. The summed E-state index contributed by atoms with van der Waals surface area (Å²) >= 11 is 6.42. The Hall–Kier alpha value is -1.53. The van der Waals surface area contributed by atoms with Crippen LogP contribution >= 0.6 is 11.6 Å². The van der Waals surface area contributed by atoms with Crippen LogP contribution in [-0.2, 0) is 6.42 Å². The number of alkyl halides is 2. The zero-order valence-corrected chi connectivity index (χ0v) is 19.2. The average Bonchev–Trinajstić information content (AvgIpc) is 3.23. The molecule has 31 heavy (non-hydrogen) atoms. The summed E-state index contributed by atoms with van der Waals surface area (Å²) in [6.45, 7) is 0.414. The fraction of sp³-hybridized carbons (Fsp3) is 0.667. The highest BCUT2D eigenvalue weighted by atomic mass is 35.5. The topological polar surface area (TPSA) is 44.7 Å². The highest BCUT2D eigenvalue weighted by Gasteiger charge is 2.35. The summed E-state index contributed by atoms with van der Waals surface area (Å²) in [4.78, 5) is 20.2. The van der Waals surface area contributed by atoms with Gasteiger partial charge in [0, 0.05) is 31.1 Å². The number of benzene rings is 1. The van der Waals surface area contributed by atoms with Crippen molar-refractivity contribution >= 4 is 28.9 Å². The Kier molecular flexibility index (Phi) is 6.68. The van der Waals surface area contributed by atoms with E-state index in [-0.39, 0.29) is 24.7 Å². The van der Waals surface area contributed by atoms with E-state index in [9.17, 15) is 13.6 Å². The van der Waals surface area contributed by atoms with Crippen LogP contribution in [0, 0.1) is 11.8 Å². The normalized spacial score (nSPS) is 25.9. The zero-order chi connectivity index (χ0) is 22.2. The summed E-state index contributed by atoms with van der Waals surface area (Å²) in [6.07, 6.45) is 5.82. The summed E-state index contributed by atoms with van der Waals surface area (Å²) < 4.78 is 26.7. The molecule has 0 spiro atoms. The molecule has 2 saturated carbocycles. The van der Waals surface area contributed by atoms with Gasteiger partial charge in [0.05, 0.1) is 16.3 Å². The van der Waals surface area contributed by atoms with Gasteiger partial charge in [-0.15, -0.1) is 0 Å². The third-order valence-corrected chi connectivity index (χ3v) is 7.67. The number of hydrogen-bond acceptors (Lipinski definition) is 3. The summed E-state index contributed by atoms with van der Waals surface area (Å²) in [5.74, 6) is -2.16. The van der Waals surface area contributed by atoms with E-state index < -0.39 is 5.92 Å². The quantitative estimate of drug-likeness (QED) is 0.629. The van der Waals surface area contributed by atoms with Crippen LogP contribution in [-0.4, -0.2) is 49.1 Å². The summed E-state index contributed by atoms with van der Waals surface area (Å²) in [5, 5.41) is 3.38. The van der Waals surface area contributed by atoms with E-state index in [1.54, 1.807) is 6.07 Å². The second-order valence-corrected chi connectivity index (χ2v) is 10.1. The first kappa shape index (κ1) is 22.7. The molecule has 7 heteroatoms. The van der Waals surface area contributed by atoms with Crippen molar-refractivity contribution in [2.75, 3.05) is 20.6 Å². The molecule has 0 bridgehead atoms. The zero-order valence-electron chi connectivity index (χ0n) is 18.4. The number of amides is 1. The largest absolute Gasteiger partial charge is 0.352 e. The predicted octanol–water partition coefficient (Wildman–Crippen LogP) is 5.64. The number of halogens is 3. The van der Waals surface area contributed by atoms with E-state index in [0.717, 1.165) is 30.5 Å². The van der Waals surface area contributed by atoms with Gasteiger partial charge in [0.1, 0.15) is 0 Å². The van der Waals surface area contributed by atoms with E-state index in [4.69, 9.17) is 16.6 Å². The van der Waals surface area contributed by atoms with E-state index >= 15 is 0 Å². The van der Waals surface area contributed by atoms with Gasteiger partial charge in [0.2, 0.25) is 5.92 Å². The summed E-state index contributed by atoms with van der Waals surface area (Å²) in [5.41, 5.74) is 3.50. The molecule has 2 aliphatic carbocycles. The minimum Gasteiger partial charge on any atom is -0.352 e. The maximum absolute atomic E-state index is 13.4. The van der Waals surface area contributed by atoms with Gasteiger partial charge in [-0.1, -0.05) is 11.6 Å². The lowest BCUT2D eigenvalue weighted by Crippen LogP contribution is -2.34. The van der Waals surface area contributed by atoms with Crippen molar-refractivity contribution in [2.45, 2.75) is 69.8 Å². The molecule has 4 nitrogen and oxygen atoms in total. The number of carbonyl (C=O) groups excluding carboxylic acids is 1. The molecule has 0 aromatic heterocycles. The Bertz CT molecular complexity index is 861. The molecule has 3 aliphatic rings. The van der Waals surface area contributed by atoms with Crippen LogP contribution in [0.4, 0.5) is 14.5 Å². The fourth-order valence-corrected chi connectivity index (χ4v) is 5.59. The van der Waals surface area contributed by atoms with Crippen LogP contribution in [0.3, 0.4) is 0 Å². The monoisotopic (exact) mass is 451 g/mol. The number of nitrogens with one attached hydrogen (secondary N) is 1. The second-order valence-electron chi connectivity index (χ2n) is 9.66. The van der Waals surface area contributed by atoms with E-state index in [2.05, 4.69) is 24.3 Å². The van der Waals surface area contributed by atoms with Crippen LogP contribution in [0.25, 0.3) is 0 Å². The molecule has 1 aliphatic heterocycles. The van der Waals surface area contributed by atoms with Crippen molar-refractivity contribution in [2.24, 2.45) is 16.8 Å². The fourth-order valence-electron chi connectivity index (χ4n) is 5.33. The third kappa shape index (κ3) is 5.11. The molecule has 1 aromatic rings. The van der Waals surface area contributed by atoms with Crippen molar-refractivity contribution in [3.63, 3.8) is 0 Å². The number of hydrogen-bond donors (Lipinski definition) is 1. The van der Waals surface area contributed by atoms with Gasteiger partial charge < -0.3 is 10.2 Å². The summed E-state index contributed by atoms with van der Waals surface area (Å²) in [6, 6.07) is 4.27. The molecule has 2 atom stereocenters. The second kappa shape index (κ2) is 9.14. The van der Waals surface area contributed by atoms with Crippen LogP contribution < -0.4 is 5.32 Å². The van der Waals surface area contributed by atoms with Crippen LogP contribution in [0.1, 0.15) is 67.3 Å². The third-order valence-electron chi connectivity index (χ3n) is 7.35. The number of fused-ring (bicyclic) bond motifs is 1. The molecule has 0 saturated heterocycles. The van der Waals surface area contributed by atoms with Gasteiger partial charge in [0.15, 0.2) is 0 Å². The predicted molar refractivity (Wildman–Crippen MR) is 121 cm³/mol. The van der Waals surface area contributed by atoms with Gasteiger partial charge in [-0.3, -0.25) is 9.79 Å². The minimum atomic E-state index is -2.55. The molecule has 4 rings (SSSR count). The van der Waals surface area contributed by atoms with Crippen molar-refractivity contribution < 1.29 is 13.6 Å². The van der Waals surface area contributed by atoms with Gasteiger partial charge in [-0.25, -0.2) is 8.78 Å². The molecule has 2 fully saturated rings. The maximum atomic E-state index is 13.4. The number of nitrogens with zero attached hydrogens (tertiary/aromatic N) is 2. The number of carbonyl (C=O) groups is 1. The van der Waals surface area contributed by atoms with Gasteiger partial charge in [-0.2, -0.15) is 0 Å². The standard InChI is InChI=1S/C24H32ClF2N3O/c1-30(2)17-4-3-16(13-17)20-7-5-18-21(29-20)8-6-19(25)22(18)23(31)28-14-15-9-11-24(26,27)12-10-15/h6,8,15-17H,3-5,7,9-14H2,1-2H3,(H,28,31). The average molecular weight is 452 g/mol. The van der Waals surface area contributed by atoms with Crippen LogP contribution in [0.2, 0.25) is 5.02 Å². The van der Waals surface area contributed by atoms with Gasteiger partial charge >= 0.3 is 0 Å². The molecule has 2 unspecified atom stereocenters. The molecule has 0 radical (unpaired) electrons. The Morgan fingerprint density at radius 1 is 1.19 bits per heavy atom. The number of aliphatic imine (C=N–C) groups is 1. The SMILES string of the molecule is CN(C)C1CCC(C2=Nc3ccc(Cl)c(C(=O)NCC4CCC(F)(F)CC4)c3CC2)C1. The molecule has 1 amide bonds. The smallest absolute Gasteiger partial charge is 0.253 e. The van der Waals surface area contributed by atoms with Crippen molar-refractivity contribution in [1.82, 2.24) is 10.2 Å². The first-order valence-electron chi connectivity index (χ1n) is 11.4. The molecular weight excluding hydrogens is 420 g/mol. The Labute approximate surface area is 188 Å². The molecule has 170 valence electrons. The van der Waals surface area contributed by atoms with Crippen molar-refractivity contribution in [3.8, 4) is 0 Å². The molecule has 1 heterocycles. The maximum Gasteiger partial charge on any atom is 0.253 e. The van der Waals surface area contributed by atoms with E-state index in [0.29, 0.717) is 41.9 Å². The lowest BCUT2D eigenvalue weighted by atomic mass is 9.86. The van der Waals surface area contributed by atoms with Crippen LogP contribution in [0.15, 0.2) is 17.1 Å². The Morgan fingerprint density at radius 2 is 1.94 bits per heavy atom. The minimum absolute atomic E-state index is 0.0949. The van der Waals surface area contributed by atoms with Gasteiger partial charge in [-0.05, 0) is 88.6 Å². The van der Waals surface area contributed by atoms with Crippen molar-refractivity contribution in [1.29, 1.82) is 0 Å². The van der Waals surface area contributed by atoms with Crippen molar-refractivity contribution in [3.05, 3.63) is 28.3 Å². The first-order chi connectivity index (χ1) is 14.7. The van der Waals surface area contributed by atoms with Crippen LogP contribution in [0.5, 0.6) is 0 Å². The highest BCUT2D eigenvalue weighted by molar-refractivity contribution is 6.34. The molecule has 1 N–H and O–H groups in total. The number of rotatable bonds is 5. The van der Waals surface area contributed by atoms with E-state index in [1.165, 1.54) is 18.6 Å². The lowest BCUT2D eigenvalue weighted by Gasteiger charge is -2.28. The molecule has 1 aromatic carbocycles. The van der Waals surface area contributed by atoms with E-state index in [1.807, 2.05) is 6.07 Å². The summed E-state index contributed by atoms with van der Waals surface area (Å²) in [7, 11) is 4.27.